The van der Waals surface area contributed by atoms with Crippen LogP contribution in [-0.2, 0) is 4.79 Å². The lowest BCUT2D eigenvalue weighted by atomic mass is 10.1. The molecule has 0 saturated heterocycles. The van der Waals surface area contributed by atoms with Crippen molar-refractivity contribution in [3.05, 3.63) is 17.7 Å². The highest BCUT2D eigenvalue weighted by Crippen LogP contribution is 2.37. The Hall–Kier alpha value is -1.75. The lowest BCUT2D eigenvalue weighted by Crippen LogP contribution is -2.29. The smallest absolute Gasteiger partial charge is 0.252 e. The maximum absolute atomic E-state index is 11.4. The molecule has 1 amide bonds. The van der Waals surface area contributed by atoms with Crippen LogP contribution in [0.2, 0.25) is 0 Å². The number of ether oxygens (including phenoxy) is 2. The highest BCUT2D eigenvalue weighted by molar-refractivity contribution is 5.94. The van der Waals surface area contributed by atoms with E-state index in [0.29, 0.717) is 17.2 Å². The van der Waals surface area contributed by atoms with Crippen molar-refractivity contribution in [1.82, 2.24) is 0 Å². The van der Waals surface area contributed by atoms with Gasteiger partial charge >= 0.3 is 0 Å². The molecule has 0 spiro atoms. The fraction of sp³-hybridized carbons (Fsp3) is 0.364. The zero-order valence-corrected chi connectivity index (χ0v) is 9.19. The van der Waals surface area contributed by atoms with Gasteiger partial charge in [-0.05, 0) is 18.6 Å². The third kappa shape index (κ3) is 1.69. The number of carbonyl (C=O) groups excluding carboxylic acids is 1. The molecule has 0 radical (unpaired) electrons. The minimum absolute atomic E-state index is 0.204. The van der Waals surface area contributed by atoms with Gasteiger partial charge in [0.05, 0.1) is 5.69 Å². The molecule has 1 aliphatic heterocycles. The Balaban J connectivity index is 2.38. The fourth-order valence-corrected chi connectivity index (χ4v) is 1.63. The number of nitrogens with zero attached hydrogens (tertiary/aromatic N) is 1. The lowest BCUT2D eigenvalue weighted by molar-refractivity contribution is -0.120. The summed E-state index contributed by atoms with van der Waals surface area (Å²) in [6.45, 7) is 1.57. The average molecular weight is 223 g/mol. The van der Waals surface area contributed by atoms with E-state index in [1.54, 1.807) is 13.1 Å². The van der Waals surface area contributed by atoms with Gasteiger partial charge in [0, 0.05) is 13.1 Å². The third-order valence-corrected chi connectivity index (χ3v) is 2.56. The van der Waals surface area contributed by atoms with E-state index in [4.69, 9.17) is 14.6 Å². The monoisotopic (exact) mass is 223 g/mol. The summed E-state index contributed by atoms with van der Waals surface area (Å²) in [5.74, 6) is 0.950. The summed E-state index contributed by atoms with van der Waals surface area (Å²) in [6.07, 6.45) is 0. The Kier molecular flexibility index (Phi) is 2.70. The van der Waals surface area contributed by atoms with E-state index < -0.39 is 6.61 Å². The zero-order valence-electron chi connectivity index (χ0n) is 9.19. The Bertz CT molecular complexity index is 430. The first kappa shape index (κ1) is 10.8. The molecule has 0 bridgehead atoms. The van der Waals surface area contributed by atoms with Crippen molar-refractivity contribution in [2.24, 2.45) is 0 Å². The van der Waals surface area contributed by atoms with Crippen LogP contribution in [-0.4, -0.2) is 31.5 Å². The van der Waals surface area contributed by atoms with Crippen molar-refractivity contribution in [3.8, 4) is 11.5 Å². The van der Waals surface area contributed by atoms with Gasteiger partial charge in [-0.2, -0.15) is 0 Å². The molecule has 0 atom stereocenters. The Morgan fingerprint density at radius 3 is 2.69 bits per heavy atom. The van der Waals surface area contributed by atoms with Gasteiger partial charge in [0.1, 0.15) is 6.61 Å². The van der Waals surface area contributed by atoms with Crippen LogP contribution in [0.3, 0.4) is 0 Å². The van der Waals surface area contributed by atoms with Crippen LogP contribution in [0.5, 0.6) is 11.5 Å². The number of rotatable bonds is 2. The second-order valence-electron chi connectivity index (χ2n) is 3.60. The van der Waals surface area contributed by atoms with Crippen LogP contribution >= 0.6 is 0 Å². The molecule has 86 valence electrons. The topological polar surface area (TPSA) is 59.0 Å². The van der Waals surface area contributed by atoms with Crippen LogP contribution in [0, 0.1) is 6.92 Å². The number of hydrogen-bond donors (Lipinski definition) is 1. The summed E-state index contributed by atoms with van der Waals surface area (Å²) in [7, 11) is 1.61. The molecule has 2 rings (SSSR count). The van der Waals surface area contributed by atoms with Crippen LogP contribution in [0.4, 0.5) is 5.69 Å². The number of aryl methyl sites for hydroxylation is 1. The van der Waals surface area contributed by atoms with Crippen molar-refractivity contribution in [2.45, 2.75) is 6.92 Å². The van der Waals surface area contributed by atoms with E-state index in [2.05, 4.69) is 0 Å². The van der Waals surface area contributed by atoms with Crippen molar-refractivity contribution in [2.75, 3.05) is 25.3 Å². The van der Waals surface area contributed by atoms with E-state index in [1.807, 2.05) is 13.0 Å². The Morgan fingerprint density at radius 1 is 1.44 bits per heavy atom. The van der Waals surface area contributed by atoms with Crippen molar-refractivity contribution in [3.63, 3.8) is 0 Å². The maximum Gasteiger partial charge on any atom is 0.252 e. The van der Waals surface area contributed by atoms with Gasteiger partial charge in [0.25, 0.3) is 5.91 Å². The summed E-state index contributed by atoms with van der Waals surface area (Å²) < 4.78 is 10.5. The molecule has 0 aliphatic carbocycles. The molecule has 16 heavy (non-hydrogen) atoms. The van der Waals surface area contributed by atoms with Gasteiger partial charge in [-0.25, -0.2) is 0 Å². The summed E-state index contributed by atoms with van der Waals surface area (Å²) >= 11 is 0. The minimum Gasteiger partial charge on any atom is -0.454 e. The first-order chi connectivity index (χ1) is 7.63. The van der Waals surface area contributed by atoms with E-state index in [9.17, 15) is 4.79 Å². The van der Waals surface area contributed by atoms with Crippen LogP contribution in [0.15, 0.2) is 12.1 Å². The molecule has 5 nitrogen and oxygen atoms in total. The van der Waals surface area contributed by atoms with E-state index in [-0.39, 0.29) is 12.7 Å². The normalized spacial score (nSPS) is 12.7. The molecule has 1 aromatic rings. The molecular formula is C11H13NO4. The van der Waals surface area contributed by atoms with E-state index in [0.717, 1.165) is 5.56 Å². The predicted molar refractivity (Wildman–Crippen MR) is 57.8 cm³/mol. The van der Waals surface area contributed by atoms with E-state index in [1.165, 1.54) is 4.90 Å². The van der Waals surface area contributed by atoms with Crippen LogP contribution in [0.25, 0.3) is 0 Å². The van der Waals surface area contributed by atoms with Crippen LogP contribution < -0.4 is 14.4 Å². The quantitative estimate of drug-likeness (QED) is 0.801. The number of likely N-dealkylation sites (N-methyl/N-ethyl adjacent to an activating group) is 1. The summed E-state index contributed by atoms with van der Waals surface area (Å²) in [5.41, 5.74) is 1.61. The second-order valence-corrected chi connectivity index (χ2v) is 3.60. The first-order valence-corrected chi connectivity index (χ1v) is 4.91. The Labute approximate surface area is 93.2 Å². The van der Waals surface area contributed by atoms with E-state index >= 15 is 0 Å². The first-order valence-electron chi connectivity index (χ1n) is 4.91. The number of fused-ring (bicyclic) bond motifs is 1. The fourth-order valence-electron chi connectivity index (χ4n) is 1.63. The van der Waals surface area contributed by atoms with Crippen molar-refractivity contribution >= 4 is 11.6 Å². The maximum atomic E-state index is 11.4. The number of benzene rings is 1. The SMILES string of the molecule is Cc1cc2c(cc1N(C)C(=O)CO)OCO2. The van der Waals surface area contributed by atoms with Gasteiger partial charge in [-0.15, -0.1) is 0 Å². The molecule has 1 aromatic carbocycles. The molecule has 0 fully saturated rings. The number of anilines is 1. The molecule has 0 saturated carbocycles. The molecular weight excluding hydrogens is 210 g/mol. The van der Waals surface area contributed by atoms with Gasteiger partial charge in [0.2, 0.25) is 6.79 Å². The van der Waals surface area contributed by atoms with Crippen molar-refractivity contribution in [1.29, 1.82) is 0 Å². The number of carbonyl (C=O) groups is 1. The number of aliphatic hydroxyl groups is 1. The van der Waals surface area contributed by atoms with Gasteiger partial charge < -0.3 is 19.5 Å². The van der Waals surface area contributed by atoms with Gasteiger partial charge in [0.15, 0.2) is 11.5 Å². The third-order valence-electron chi connectivity index (χ3n) is 2.56. The Morgan fingerprint density at radius 2 is 2.06 bits per heavy atom. The molecule has 0 aromatic heterocycles. The summed E-state index contributed by atoms with van der Waals surface area (Å²) in [4.78, 5) is 12.8. The molecule has 5 heteroatoms. The lowest BCUT2D eigenvalue weighted by Gasteiger charge is -2.18. The minimum atomic E-state index is -0.510. The summed E-state index contributed by atoms with van der Waals surface area (Å²) in [5, 5.41) is 8.80. The molecule has 1 heterocycles. The largest absolute Gasteiger partial charge is 0.454 e. The van der Waals surface area contributed by atoms with Gasteiger partial charge in [-0.3, -0.25) is 4.79 Å². The molecule has 1 aliphatic rings. The highest BCUT2D eigenvalue weighted by atomic mass is 16.7. The standard InChI is InChI=1S/C11H13NO4/c1-7-3-9-10(16-6-15-9)4-8(7)12(2)11(14)5-13/h3-4,13H,5-6H2,1-2H3. The number of hydrogen-bond acceptors (Lipinski definition) is 4. The van der Waals surface area contributed by atoms with Crippen molar-refractivity contribution < 1.29 is 19.4 Å². The molecule has 0 unspecified atom stereocenters. The zero-order chi connectivity index (χ0) is 11.7. The number of amides is 1. The number of aliphatic hydroxyl groups excluding tert-OH is 1. The van der Waals surface area contributed by atoms with Gasteiger partial charge in [-0.1, -0.05) is 0 Å². The molecule has 1 N–H and O–H groups in total. The second kappa shape index (κ2) is 4.02. The average Bonchev–Trinajstić information content (AvgIpc) is 2.72. The highest BCUT2D eigenvalue weighted by Gasteiger charge is 2.19. The summed E-state index contributed by atoms with van der Waals surface area (Å²) in [6, 6.07) is 3.56. The predicted octanol–water partition coefficient (Wildman–Crippen LogP) is 0.679. The van der Waals surface area contributed by atoms with Crippen LogP contribution in [0.1, 0.15) is 5.56 Å².